The highest BCUT2D eigenvalue weighted by Gasteiger charge is 2.28. The van der Waals surface area contributed by atoms with Crippen molar-refractivity contribution in [3.63, 3.8) is 0 Å². The van der Waals surface area contributed by atoms with Gasteiger partial charge < -0.3 is 19.3 Å². The summed E-state index contributed by atoms with van der Waals surface area (Å²) in [6.45, 7) is 7.52. The molecular formula is C23H27FN2O4. The first-order valence-electron chi connectivity index (χ1n) is 9.96. The van der Waals surface area contributed by atoms with Crippen molar-refractivity contribution < 1.29 is 23.5 Å². The first kappa shape index (κ1) is 21.6. The van der Waals surface area contributed by atoms with Crippen LogP contribution < -0.4 is 4.74 Å². The molecule has 0 radical (unpaired) electrons. The molecular weight excluding hydrogens is 387 g/mol. The summed E-state index contributed by atoms with van der Waals surface area (Å²) >= 11 is 0. The molecule has 0 saturated carbocycles. The van der Waals surface area contributed by atoms with Crippen LogP contribution in [0.2, 0.25) is 0 Å². The maximum Gasteiger partial charge on any atom is 0.410 e. The topological polar surface area (TPSA) is 59.1 Å². The van der Waals surface area contributed by atoms with Gasteiger partial charge in [-0.25, -0.2) is 9.18 Å². The van der Waals surface area contributed by atoms with Crippen molar-refractivity contribution in [2.75, 3.05) is 26.2 Å². The molecule has 6 nitrogen and oxygen atoms in total. The molecule has 1 fully saturated rings. The van der Waals surface area contributed by atoms with Crippen LogP contribution >= 0.6 is 0 Å². The summed E-state index contributed by atoms with van der Waals surface area (Å²) in [5.41, 5.74) is 0.750. The summed E-state index contributed by atoms with van der Waals surface area (Å²) in [7, 11) is 0. The third-order valence-corrected chi connectivity index (χ3v) is 4.61. The zero-order chi connectivity index (χ0) is 21.7. The monoisotopic (exact) mass is 414 g/mol. The molecule has 0 atom stereocenters. The number of hydrogen-bond donors (Lipinski definition) is 0. The van der Waals surface area contributed by atoms with Crippen molar-refractivity contribution in [1.82, 2.24) is 9.80 Å². The summed E-state index contributed by atoms with van der Waals surface area (Å²) in [6, 6.07) is 13.1. The van der Waals surface area contributed by atoms with Gasteiger partial charge in [0, 0.05) is 31.7 Å². The van der Waals surface area contributed by atoms with E-state index >= 15 is 0 Å². The van der Waals surface area contributed by atoms with Crippen molar-refractivity contribution in [2.24, 2.45) is 0 Å². The molecule has 160 valence electrons. The second-order valence-electron chi connectivity index (χ2n) is 8.20. The maximum atomic E-state index is 13.2. The predicted octanol–water partition coefficient (Wildman–Crippen LogP) is 4.10. The zero-order valence-corrected chi connectivity index (χ0v) is 17.6. The molecule has 0 unspecified atom stereocenters. The molecule has 3 rings (SSSR count). The Balaban J connectivity index is 1.51. The van der Waals surface area contributed by atoms with Crippen molar-refractivity contribution in [3.8, 4) is 5.75 Å². The van der Waals surface area contributed by atoms with Gasteiger partial charge in [0.1, 0.15) is 23.8 Å². The minimum Gasteiger partial charge on any atom is -0.489 e. The second-order valence-corrected chi connectivity index (χ2v) is 8.20. The number of ether oxygens (including phenoxy) is 2. The Hall–Kier alpha value is -3.09. The van der Waals surface area contributed by atoms with Crippen molar-refractivity contribution in [2.45, 2.75) is 33.0 Å². The summed E-state index contributed by atoms with van der Waals surface area (Å²) in [4.78, 5) is 28.2. The van der Waals surface area contributed by atoms with Gasteiger partial charge in [-0.3, -0.25) is 4.79 Å². The molecule has 1 saturated heterocycles. The molecule has 0 bridgehead atoms. The predicted molar refractivity (Wildman–Crippen MR) is 111 cm³/mol. The molecule has 2 amide bonds. The van der Waals surface area contributed by atoms with E-state index < -0.39 is 5.60 Å². The van der Waals surface area contributed by atoms with Gasteiger partial charge in [-0.15, -0.1) is 0 Å². The standard InChI is InChI=1S/C23H27FN2O4/c1-23(2,3)30-22(28)26-13-11-25(12-14-26)21(27)18-7-9-20(10-8-18)29-16-17-5-4-6-19(24)15-17/h4-10,15H,11-14,16H2,1-3H3. The average Bonchev–Trinajstić information content (AvgIpc) is 2.71. The number of carbonyl (C=O) groups excluding carboxylic acids is 2. The molecule has 0 aliphatic carbocycles. The third kappa shape index (κ3) is 5.95. The lowest BCUT2D eigenvalue weighted by molar-refractivity contribution is 0.0141. The molecule has 2 aromatic rings. The molecule has 1 aliphatic rings. The average molecular weight is 414 g/mol. The van der Waals surface area contributed by atoms with Crippen LogP contribution in [0.25, 0.3) is 0 Å². The molecule has 1 heterocycles. The number of benzene rings is 2. The Morgan fingerprint density at radius 1 is 0.967 bits per heavy atom. The summed E-state index contributed by atoms with van der Waals surface area (Å²) in [5, 5.41) is 0. The number of rotatable bonds is 4. The lowest BCUT2D eigenvalue weighted by Crippen LogP contribution is -2.51. The van der Waals surface area contributed by atoms with Gasteiger partial charge in [0.05, 0.1) is 0 Å². The van der Waals surface area contributed by atoms with Gasteiger partial charge in [-0.2, -0.15) is 0 Å². The molecule has 0 N–H and O–H groups in total. The summed E-state index contributed by atoms with van der Waals surface area (Å²) in [5.74, 6) is 0.213. The van der Waals surface area contributed by atoms with Crippen LogP contribution in [0.4, 0.5) is 9.18 Å². The van der Waals surface area contributed by atoms with E-state index in [0.717, 1.165) is 5.56 Å². The Morgan fingerprint density at radius 3 is 2.20 bits per heavy atom. The van der Waals surface area contributed by atoms with Crippen LogP contribution in [0.1, 0.15) is 36.7 Å². The Kier molecular flexibility index (Phi) is 6.59. The highest BCUT2D eigenvalue weighted by Crippen LogP contribution is 2.17. The second kappa shape index (κ2) is 9.15. The first-order valence-corrected chi connectivity index (χ1v) is 9.96. The molecule has 7 heteroatoms. The van der Waals surface area contributed by atoms with Crippen molar-refractivity contribution in [1.29, 1.82) is 0 Å². The molecule has 2 aromatic carbocycles. The Morgan fingerprint density at radius 2 is 1.60 bits per heavy atom. The van der Waals surface area contributed by atoms with Crippen LogP contribution in [-0.4, -0.2) is 53.6 Å². The van der Waals surface area contributed by atoms with E-state index in [-0.39, 0.29) is 24.4 Å². The third-order valence-electron chi connectivity index (χ3n) is 4.61. The van der Waals surface area contributed by atoms with Crippen molar-refractivity contribution in [3.05, 3.63) is 65.5 Å². The van der Waals surface area contributed by atoms with Gasteiger partial charge >= 0.3 is 6.09 Å². The number of hydrogen-bond acceptors (Lipinski definition) is 4. The van der Waals surface area contributed by atoms with Crippen LogP contribution in [0.15, 0.2) is 48.5 Å². The molecule has 0 spiro atoms. The lowest BCUT2D eigenvalue weighted by Gasteiger charge is -2.35. The summed E-state index contributed by atoms with van der Waals surface area (Å²) in [6.07, 6.45) is -0.352. The first-order chi connectivity index (χ1) is 14.2. The van der Waals surface area contributed by atoms with Gasteiger partial charge in [-0.05, 0) is 62.7 Å². The Bertz CT molecular complexity index is 885. The van der Waals surface area contributed by atoms with E-state index in [0.29, 0.717) is 37.5 Å². The van der Waals surface area contributed by atoms with Crippen LogP contribution in [0, 0.1) is 5.82 Å². The minimum atomic E-state index is -0.539. The van der Waals surface area contributed by atoms with E-state index in [1.54, 1.807) is 46.2 Å². The number of nitrogens with zero attached hydrogens (tertiary/aromatic N) is 2. The number of carbonyl (C=O) groups is 2. The van der Waals surface area contributed by atoms with Gasteiger partial charge in [0.2, 0.25) is 0 Å². The van der Waals surface area contributed by atoms with Crippen LogP contribution in [-0.2, 0) is 11.3 Å². The maximum absolute atomic E-state index is 13.2. The van der Waals surface area contributed by atoms with Gasteiger partial charge in [0.25, 0.3) is 5.91 Å². The largest absolute Gasteiger partial charge is 0.489 e. The van der Waals surface area contributed by atoms with Gasteiger partial charge in [0.15, 0.2) is 0 Å². The van der Waals surface area contributed by atoms with Crippen molar-refractivity contribution >= 4 is 12.0 Å². The van der Waals surface area contributed by atoms with Crippen LogP contribution in [0.3, 0.4) is 0 Å². The van der Waals surface area contributed by atoms with Crippen LogP contribution in [0.5, 0.6) is 5.75 Å². The highest BCUT2D eigenvalue weighted by atomic mass is 19.1. The zero-order valence-electron chi connectivity index (χ0n) is 17.6. The van der Waals surface area contributed by atoms with E-state index in [1.165, 1.54) is 12.1 Å². The SMILES string of the molecule is CC(C)(C)OC(=O)N1CCN(C(=O)c2ccc(OCc3cccc(F)c3)cc2)CC1. The number of amides is 2. The number of halogens is 1. The van der Waals surface area contributed by atoms with Gasteiger partial charge in [-0.1, -0.05) is 12.1 Å². The minimum absolute atomic E-state index is 0.0875. The fraction of sp³-hybridized carbons (Fsp3) is 0.391. The molecule has 0 aromatic heterocycles. The fourth-order valence-corrected chi connectivity index (χ4v) is 3.09. The van der Waals surface area contributed by atoms with E-state index in [4.69, 9.17) is 9.47 Å². The quantitative estimate of drug-likeness (QED) is 0.756. The summed E-state index contributed by atoms with van der Waals surface area (Å²) < 4.78 is 24.3. The fourth-order valence-electron chi connectivity index (χ4n) is 3.09. The lowest BCUT2D eigenvalue weighted by atomic mass is 10.1. The number of piperazine rings is 1. The highest BCUT2D eigenvalue weighted by molar-refractivity contribution is 5.94. The molecule has 1 aliphatic heterocycles. The van der Waals surface area contributed by atoms with E-state index in [2.05, 4.69) is 0 Å². The van der Waals surface area contributed by atoms with E-state index in [9.17, 15) is 14.0 Å². The normalized spacial score (nSPS) is 14.4. The van der Waals surface area contributed by atoms with E-state index in [1.807, 2.05) is 20.8 Å². The smallest absolute Gasteiger partial charge is 0.410 e. The molecule has 30 heavy (non-hydrogen) atoms. The Labute approximate surface area is 176 Å².